The van der Waals surface area contributed by atoms with Crippen LogP contribution in [0.4, 0.5) is 5.69 Å². The fourth-order valence-corrected chi connectivity index (χ4v) is 4.18. The average molecular weight is 357 g/mol. The minimum Gasteiger partial charge on any atom is -0.303 e. The van der Waals surface area contributed by atoms with Gasteiger partial charge in [0.2, 0.25) is 0 Å². The zero-order valence-corrected chi connectivity index (χ0v) is 15.2. The van der Waals surface area contributed by atoms with Crippen LogP contribution in [0.3, 0.4) is 0 Å². The van der Waals surface area contributed by atoms with Gasteiger partial charge in [0.1, 0.15) is 6.29 Å². The Hall–Kier alpha value is -0.890. The summed E-state index contributed by atoms with van der Waals surface area (Å²) in [4.78, 5) is 11.1. The van der Waals surface area contributed by atoms with Gasteiger partial charge in [-0.05, 0) is 30.8 Å². The summed E-state index contributed by atoms with van der Waals surface area (Å²) in [7, 11) is 2.61. The zero-order chi connectivity index (χ0) is 16.2. The van der Waals surface area contributed by atoms with Gasteiger partial charge in [0.05, 0.1) is 16.4 Å². The van der Waals surface area contributed by atoms with E-state index in [2.05, 4.69) is 23.9 Å². The van der Waals surface area contributed by atoms with E-state index in [1.807, 2.05) is 13.1 Å². The molecular weight excluding hydrogens is 338 g/mol. The highest BCUT2D eigenvalue weighted by molar-refractivity contribution is 7.41. The van der Waals surface area contributed by atoms with Gasteiger partial charge in [-0.25, -0.2) is 0 Å². The Labute approximate surface area is 143 Å². The van der Waals surface area contributed by atoms with Crippen molar-refractivity contribution in [2.75, 3.05) is 18.2 Å². The maximum Gasteiger partial charge on any atom is 0.125 e. The van der Waals surface area contributed by atoms with Gasteiger partial charge in [-0.15, -0.1) is 0 Å². The maximum absolute atomic E-state index is 11.1. The molecule has 0 N–H and O–H groups in total. The minimum absolute atomic E-state index is 0.0682. The number of rotatable bonds is 5. The Morgan fingerprint density at radius 2 is 2.27 bits per heavy atom. The fourth-order valence-electron chi connectivity index (χ4n) is 2.44. The molecule has 0 saturated heterocycles. The molecule has 0 saturated carbocycles. The monoisotopic (exact) mass is 356 g/mol. The van der Waals surface area contributed by atoms with Crippen molar-refractivity contribution in [3.63, 3.8) is 0 Å². The molecule has 118 valence electrons. The third-order valence-corrected chi connectivity index (χ3v) is 5.79. The summed E-state index contributed by atoms with van der Waals surface area (Å²) in [6.07, 6.45) is 5.37. The summed E-state index contributed by atoms with van der Waals surface area (Å²) in [5.41, 5.74) is 1.60. The highest BCUT2D eigenvalue weighted by atomic mass is 35.5. The number of aldehydes is 1. The molecule has 2 unspecified atom stereocenters. The number of benzene rings is 1. The molecule has 0 aromatic heterocycles. The van der Waals surface area contributed by atoms with E-state index in [1.54, 1.807) is 17.1 Å². The van der Waals surface area contributed by atoms with E-state index in [-0.39, 0.29) is 5.41 Å². The van der Waals surface area contributed by atoms with Crippen LogP contribution in [0.25, 0.3) is 0 Å². The second-order valence-corrected chi connectivity index (χ2v) is 7.52. The summed E-state index contributed by atoms with van der Waals surface area (Å²) >= 11 is 12.2. The number of hydrogen-bond acceptors (Lipinski definition) is 3. The first-order valence-electron chi connectivity index (χ1n) is 7.05. The number of carbonyl (C=O) groups excluding carboxylic acids is 1. The number of allylic oxidation sites excluding steroid dienone is 1. The van der Waals surface area contributed by atoms with E-state index in [0.717, 1.165) is 38.8 Å². The SMILES string of the molecule is CN(/N=C(\CC=O)C1(C)CC=CPC1)c1ccc(Cl)cc1Cl. The topological polar surface area (TPSA) is 32.7 Å². The standard InChI is InChI=1S/C16H19Cl2N2OP/c1-16(7-3-9-22-11-16)15(6-8-21)19-20(2)14-5-4-12(17)10-13(14)18/h3-5,8-10,22H,6-7,11H2,1-2H3/b19-15+. The normalized spacial score (nSPS) is 22.8. The first-order valence-corrected chi connectivity index (χ1v) is 9.09. The lowest BCUT2D eigenvalue weighted by atomic mass is 9.82. The molecule has 0 amide bonds. The number of carbonyl (C=O) groups is 1. The van der Waals surface area contributed by atoms with Gasteiger partial charge in [0, 0.05) is 23.9 Å². The quantitative estimate of drug-likeness (QED) is 0.322. The van der Waals surface area contributed by atoms with Crippen LogP contribution in [0.2, 0.25) is 10.0 Å². The summed E-state index contributed by atoms with van der Waals surface area (Å²) in [6.45, 7) is 2.17. The van der Waals surface area contributed by atoms with Crippen LogP contribution < -0.4 is 5.01 Å². The van der Waals surface area contributed by atoms with Crippen molar-refractivity contribution in [1.82, 2.24) is 0 Å². The molecule has 0 radical (unpaired) electrons. The lowest BCUT2D eigenvalue weighted by molar-refractivity contribution is -0.106. The molecule has 3 nitrogen and oxygen atoms in total. The van der Waals surface area contributed by atoms with Crippen LogP contribution in [0, 0.1) is 5.41 Å². The first-order chi connectivity index (χ1) is 10.5. The van der Waals surface area contributed by atoms with Gasteiger partial charge in [-0.1, -0.05) is 50.6 Å². The molecule has 1 aliphatic heterocycles. The minimum atomic E-state index is -0.0682. The number of nitrogens with zero attached hydrogens (tertiary/aromatic N) is 2. The third-order valence-electron chi connectivity index (χ3n) is 3.80. The van der Waals surface area contributed by atoms with Crippen molar-refractivity contribution in [2.45, 2.75) is 19.8 Å². The molecule has 6 heteroatoms. The van der Waals surface area contributed by atoms with Gasteiger partial charge in [-0.2, -0.15) is 5.10 Å². The fraction of sp³-hybridized carbons (Fsp3) is 0.375. The van der Waals surface area contributed by atoms with Crippen molar-refractivity contribution in [2.24, 2.45) is 10.5 Å². The van der Waals surface area contributed by atoms with Crippen molar-refractivity contribution in [3.05, 3.63) is 40.1 Å². The molecule has 0 bridgehead atoms. The number of halogens is 2. The summed E-state index contributed by atoms with van der Waals surface area (Å²) in [5.74, 6) is 2.21. The highest BCUT2D eigenvalue weighted by Gasteiger charge is 2.31. The molecular formula is C16H19Cl2N2OP. The van der Waals surface area contributed by atoms with Gasteiger partial charge in [0.25, 0.3) is 0 Å². The summed E-state index contributed by atoms with van der Waals surface area (Å²) < 4.78 is 0. The van der Waals surface area contributed by atoms with Crippen molar-refractivity contribution >= 4 is 49.5 Å². The molecule has 0 aliphatic carbocycles. The van der Waals surface area contributed by atoms with E-state index < -0.39 is 0 Å². The average Bonchev–Trinajstić information content (AvgIpc) is 2.47. The van der Waals surface area contributed by atoms with Crippen LogP contribution >= 0.6 is 31.8 Å². The molecule has 1 aromatic carbocycles. The molecule has 2 rings (SSSR count). The van der Waals surface area contributed by atoms with Gasteiger partial charge in [-0.3, -0.25) is 5.01 Å². The van der Waals surface area contributed by atoms with Gasteiger partial charge >= 0.3 is 0 Å². The van der Waals surface area contributed by atoms with Gasteiger partial charge in [0.15, 0.2) is 0 Å². The van der Waals surface area contributed by atoms with Crippen LogP contribution in [-0.2, 0) is 4.79 Å². The van der Waals surface area contributed by atoms with Crippen molar-refractivity contribution < 1.29 is 4.79 Å². The van der Waals surface area contributed by atoms with E-state index in [4.69, 9.17) is 23.2 Å². The summed E-state index contributed by atoms with van der Waals surface area (Å²) in [6, 6.07) is 5.30. The van der Waals surface area contributed by atoms with Crippen molar-refractivity contribution in [3.8, 4) is 0 Å². The lowest BCUT2D eigenvalue weighted by Crippen LogP contribution is -2.33. The molecule has 1 aromatic rings. The molecule has 22 heavy (non-hydrogen) atoms. The van der Waals surface area contributed by atoms with E-state index in [1.165, 1.54) is 0 Å². The lowest BCUT2D eigenvalue weighted by Gasteiger charge is -2.32. The third kappa shape index (κ3) is 4.10. The second kappa shape index (κ2) is 7.59. The Kier molecular flexibility index (Phi) is 6.02. The molecule has 2 atom stereocenters. The Balaban J connectivity index is 2.32. The highest BCUT2D eigenvalue weighted by Crippen LogP contribution is 2.38. The molecule has 0 fully saturated rings. The smallest absolute Gasteiger partial charge is 0.125 e. The summed E-state index contributed by atoms with van der Waals surface area (Å²) in [5, 5.41) is 7.54. The first kappa shape index (κ1) is 17.5. The molecule has 1 aliphatic rings. The molecule has 0 spiro atoms. The van der Waals surface area contributed by atoms with E-state index in [9.17, 15) is 4.79 Å². The number of hydrogen-bond donors (Lipinski definition) is 0. The van der Waals surface area contributed by atoms with Crippen LogP contribution in [0.15, 0.2) is 35.2 Å². The van der Waals surface area contributed by atoms with Crippen molar-refractivity contribution in [1.29, 1.82) is 0 Å². The van der Waals surface area contributed by atoms with Crippen LogP contribution in [-0.4, -0.2) is 25.2 Å². The predicted octanol–water partition coefficient (Wildman–Crippen LogP) is 4.98. The van der Waals surface area contributed by atoms with E-state index >= 15 is 0 Å². The maximum atomic E-state index is 11.1. The molecule has 1 heterocycles. The Morgan fingerprint density at radius 3 is 2.86 bits per heavy atom. The Morgan fingerprint density at radius 1 is 1.50 bits per heavy atom. The van der Waals surface area contributed by atoms with Crippen LogP contribution in [0.5, 0.6) is 0 Å². The second-order valence-electron chi connectivity index (χ2n) is 5.58. The Bertz CT molecular complexity index is 618. The number of hydrazone groups is 1. The number of anilines is 1. The largest absolute Gasteiger partial charge is 0.303 e. The van der Waals surface area contributed by atoms with E-state index in [0.29, 0.717) is 16.5 Å². The van der Waals surface area contributed by atoms with Crippen LogP contribution in [0.1, 0.15) is 19.8 Å². The predicted molar refractivity (Wildman–Crippen MR) is 98.0 cm³/mol. The van der Waals surface area contributed by atoms with Gasteiger partial charge < -0.3 is 4.79 Å². The zero-order valence-electron chi connectivity index (χ0n) is 12.6.